The molecule has 3 N–H and O–H groups in total. The average molecular weight is 522 g/mol. The third-order valence-corrected chi connectivity index (χ3v) is 7.09. The Morgan fingerprint density at radius 1 is 1.03 bits per heavy atom. The largest absolute Gasteiger partial charge is 0.508 e. The van der Waals surface area contributed by atoms with Crippen LogP contribution in [0.3, 0.4) is 0 Å². The van der Waals surface area contributed by atoms with Crippen LogP contribution in [0.25, 0.3) is 22.0 Å². The van der Waals surface area contributed by atoms with E-state index in [9.17, 15) is 9.90 Å². The molecule has 0 atom stereocenters. The summed E-state index contributed by atoms with van der Waals surface area (Å²) in [5.74, 6) is 1.10. The maximum Gasteiger partial charge on any atom is 0.245 e. The van der Waals surface area contributed by atoms with Crippen molar-refractivity contribution >= 4 is 28.0 Å². The number of nitrogens with zero attached hydrogens (tertiary/aromatic N) is 1. The number of hydrogen-bond donors (Lipinski definition) is 3. The summed E-state index contributed by atoms with van der Waals surface area (Å²) < 4.78 is 5.96. The Labute approximate surface area is 229 Å². The molecule has 39 heavy (non-hydrogen) atoms. The minimum absolute atomic E-state index is 0.0236. The minimum Gasteiger partial charge on any atom is -0.508 e. The van der Waals surface area contributed by atoms with Gasteiger partial charge in [-0.15, -0.1) is 0 Å². The number of amides is 1. The molecule has 6 heteroatoms. The molecule has 0 aliphatic heterocycles. The van der Waals surface area contributed by atoms with Crippen LogP contribution >= 0.6 is 0 Å². The van der Waals surface area contributed by atoms with Crippen LogP contribution in [0.1, 0.15) is 35.1 Å². The number of aryl methyl sites for hydroxylation is 1. The number of H-pyrrole nitrogens is 1. The maximum atomic E-state index is 11.6. The highest BCUT2D eigenvalue weighted by molar-refractivity contribution is 6.01. The number of carbonyl (C=O) groups excluding carboxylic acids is 1. The Morgan fingerprint density at radius 2 is 1.85 bits per heavy atom. The first kappa shape index (κ1) is 26.3. The van der Waals surface area contributed by atoms with Gasteiger partial charge >= 0.3 is 0 Å². The molecule has 0 unspecified atom stereocenters. The molecule has 1 aliphatic carbocycles. The van der Waals surface area contributed by atoms with Gasteiger partial charge in [0.2, 0.25) is 5.91 Å². The topological polar surface area (TPSA) is 77.6 Å². The van der Waals surface area contributed by atoms with Crippen LogP contribution in [0.15, 0.2) is 85.1 Å². The number of ether oxygens (including phenoxy) is 1. The number of benzene rings is 3. The van der Waals surface area contributed by atoms with Crippen molar-refractivity contribution in [1.29, 1.82) is 0 Å². The molecule has 0 saturated heterocycles. The average Bonchev–Trinajstić information content (AvgIpc) is 3.33. The SMILES string of the molecule is CN(C)C(=O)/C=C/CNCCOc1ccc(C2=C(c3ccc4[nH]ccc4c3)CCCc3cc(O)ccc32)cc1. The number of aromatic hydroxyl groups is 1. The Morgan fingerprint density at radius 3 is 2.67 bits per heavy atom. The molecule has 1 aromatic heterocycles. The number of rotatable bonds is 9. The Balaban J connectivity index is 1.36. The van der Waals surface area contributed by atoms with Gasteiger partial charge in [-0.25, -0.2) is 0 Å². The molecule has 0 saturated carbocycles. The van der Waals surface area contributed by atoms with Gasteiger partial charge in [-0.1, -0.05) is 30.3 Å². The molecule has 4 aromatic rings. The molecule has 3 aromatic carbocycles. The van der Waals surface area contributed by atoms with Crippen molar-refractivity contribution in [3.63, 3.8) is 0 Å². The highest BCUT2D eigenvalue weighted by atomic mass is 16.5. The van der Waals surface area contributed by atoms with E-state index in [0.717, 1.165) is 36.1 Å². The lowest BCUT2D eigenvalue weighted by Gasteiger charge is -2.17. The smallest absolute Gasteiger partial charge is 0.245 e. The van der Waals surface area contributed by atoms with Crippen molar-refractivity contribution < 1.29 is 14.6 Å². The zero-order chi connectivity index (χ0) is 27.2. The minimum atomic E-state index is -0.0236. The fraction of sp³-hybridized carbons (Fsp3) is 0.242. The first-order valence-electron chi connectivity index (χ1n) is 13.4. The molecule has 1 amide bonds. The van der Waals surface area contributed by atoms with Gasteiger partial charge in [0.05, 0.1) is 0 Å². The number of hydrogen-bond acceptors (Lipinski definition) is 4. The summed E-state index contributed by atoms with van der Waals surface area (Å²) in [6.07, 6.45) is 8.27. The second-order valence-corrected chi connectivity index (χ2v) is 10.0. The summed E-state index contributed by atoms with van der Waals surface area (Å²) in [4.78, 5) is 16.4. The molecular weight excluding hydrogens is 486 g/mol. The van der Waals surface area contributed by atoms with Crippen LogP contribution in [0.5, 0.6) is 11.5 Å². The normalized spacial score (nSPS) is 13.5. The van der Waals surface area contributed by atoms with Crippen molar-refractivity contribution in [3.05, 3.63) is 107 Å². The van der Waals surface area contributed by atoms with E-state index in [-0.39, 0.29) is 5.91 Å². The number of nitrogens with one attached hydrogen (secondary N) is 2. The van der Waals surface area contributed by atoms with Gasteiger partial charge in [0.25, 0.3) is 0 Å². The molecular formula is C33H35N3O3. The van der Waals surface area contributed by atoms with E-state index >= 15 is 0 Å². The molecule has 0 bridgehead atoms. The maximum absolute atomic E-state index is 11.6. The fourth-order valence-corrected chi connectivity index (χ4v) is 5.09. The fourth-order valence-electron chi connectivity index (χ4n) is 5.09. The van der Waals surface area contributed by atoms with E-state index in [2.05, 4.69) is 52.8 Å². The predicted octanol–water partition coefficient (Wildman–Crippen LogP) is 5.78. The second-order valence-electron chi connectivity index (χ2n) is 10.0. The number of fused-ring (bicyclic) bond motifs is 2. The summed E-state index contributed by atoms with van der Waals surface area (Å²) in [5.41, 5.74) is 8.38. The molecule has 0 fully saturated rings. The van der Waals surface area contributed by atoms with Crippen LogP contribution in [0, 0.1) is 0 Å². The lowest BCUT2D eigenvalue weighted by Crippen LogP contribution is -2.22. The number of phenolic OH excluding ortho intramolecular Hbond substituents is 1. The molecule has 1 heterocycles. The van der Waals surface area contributed by atoms with Crippen molar-refractivity contribution in [2.45, 2.75) is 19.3 Å². The number of aromatic amines is 1. The van der Waals surface area contributed by atoms with Gasteiger partial charge in [0.15, 0.2) is 0 Å². The second kappa shape index (κ2) is 12.0. The van der Waals surface area contributed by atoms with Crippen LogP contribution in [0.4, 0.5) is 0 Å². The highest BCUT2D eigenvalue weighted by Gasteiger charge is 2.21. The van der Waals surface area contributed by atoms with Crippen molar-refractivity contribution in [1.82, 2.24) is 15.2 Å². The van der Waals surface area contributed by atoms with Crippen molar-refractivity contribution in [2.75, 3.05) is 33.8 Å². The van der Waals surface area contributed by atoms with Gasteiger partial charge in [0, 0.05) is 45.0 Å². The van der Waals surface area contributed by atoms with Gasteiger partial charge < -0.3 is 25.0 Å². The first-order chi connectivity index (χ1) is 19.0. The van der Waals surface area contributed by atoms with E-state index in [1.54, 1.807) is 31.1 Å². The Bertz CT molecular complexity index is 1510. The van der Waals surface area contributed by atoms with Gasteiger partial charge in [-0.05, 0) is 101 Å². The number of aromatic nitrogens is 1. The lowest BCUT2D eigenvalue weighted by molar-refractivity contribution is -0.123. The van der Waals surface area contributed by atoms with Gasteiger partial charge in [-0.2, -0.15) is 0 Å². The summed E-state index contributed by atoms with van der Waals surface area (Å²) >= 11 is 0. The molecule has 5 rings (SSSR count). The summed E-state index contributed by atoms with van der Waals surface area (Å²) in [5, 5.41) is 14.6. The predicted molar refractivity (Wildman–Crippen MR) is 158 cm³/mol. The van der Waals surface area contributed by atoms with E-state index < -0.39 is 0 Å². The Hall–Kier alpha value is -4.29. The number of allylic oxidation sites excluding steroid dienone is 1. The lowest BCUT2D eigenvalue weighted by atomic mass is 9.87. The van der Waals surface area contributed by atoms with E-state index in [1.807, 2.05) is 30.5 Å². The van der Waals surface area contributed by atoms with Gasteiger partial charge in [-0.3, -0.25) is 4.79 Å². The molecule has 1 aliphatic rings. The van der Waals surface area contributed by atoms with Crippen LogP contribution in [0.2, 0.25) is 0 Å². The molecule has 0 spiro atoms. The number of carbonyl (C=O) groups is 1. The van der Waals surface area contributed by atoms with E-state index in [4.69, 9.17) is 4.74 Å². The van der Waals surface area contributed by atoms with Crippen molar-refractivity contribution in [3.8, 4) is 11.5 Å². The zero-order valence-corrected chi connectivity index (χ0v) is 22.5. The van der Waals surface area contributed by atoms with Crippen LogP contribution < -0.4 is 10.1 Å². The van der Waals surface area contributed by atoms with E-state index in [0.29, 0.717) is 25.4 Å². The summed E-state index contributed by atoms with van der Waals surface area (Å²) in [6, 6.07) is 22.8. The monoisotopic (exact) mass is 521 g/mol. The zero-order valence-electron chi connectivity index (χ0n) is 22.5. The number of likely N-dealkylation sites (N-methyl/N-ethyl adjacent to an activating group) is 1. The van der Waals surface area contributed by atoms with Crippen molar-refractivity contribution in [2.24, 2.45) is 0 Å². The van der Waals surface area contributed by atoms with E-state index in [1.165, 1.54) is 33.2 Å². The molecule has 0 radical (unpaired) electrons. The third-order valence-electron chi connectivity index (χ3n) is 7.09. The molecule has 6 nitrogen and oxygen atoms in total. The van der Waals surface area contributed by atoms with Crippen LogP contribution in [-0.4, -0.2) is 54.7 Å². The summed E-state index contributed by atoms with van der Waals surface area (Å²) in [7, 11) is 3.47. The third kappa shape index (κ3) is 6.24. The Kier molecular flexibility index (Phi) is 8.13. The quantitative estimate of drug-likeness (QED) is 0.193. The number of phenols is 1. The van der Waals surface area contributed by atoms with Gasteiger partial charge in [0.1, 0.15) is 18.1 Å². The molecule has 200 valence electrons. The highest BCUT2D eigenvalue weighted by Crippen LogP contribution is 2.41. The first-order valence-corrected chi connectivity index (χ1v) is 13.4. The van der Waals surface area contributed by atoms with Crippen LogP contribution in [-0.2, 0) is 11.2 Å². The standard InChI is InChI=1S/C33H35N3O3/c1-36(2)32(38)7-4-17-34-19-20-39-28-12-8-23(9-13-28)33-29(25-10-15-31-26(21-25)16-18-35-31)6-3-5-24-22-27(37)11-14-30(24)33/h4,7-16,18,21-22,34-35,37H,3,5-6,17,19-20H2,1-2H3/b7-4+. The summed E-state index contributed by atoms with van der Waals surface area (Å²) in [6.45, 7) is 1.82.